The summed E-state index contributed by atoms with van der Waals surface area (Å²) in [6.07, 6.45) is 1.38. The Labute approximate surface area is 175 Å². The minimum Gasteiger partial charge on any atom is -0.481 e. The number of carboxylic acids is 1. The molecule has 0 saturated heterocycles. The van der Waals surface area contributed by atoms with Crippen LogP contribution in [0.5, 0.6) is 0 Å². The fourth-order valence-corrected chi connectivity index (χ4v) is 3.92. The Morgan fingerprint density at radius 2 is 2.11 bits per heavy atom. The fourth-order valence-electron chi connectivity index (χ4n) is 2.73. The minimum atomic E-state index is -1.05. The number of furan rings is 1. The largest absolute Gasteiger partial charge is 0.481 e. The number of nitrogens with zero attached hydrogens (tertiary/aromatic N) is 2. The van der Waals surface area contributed by atoms with Gasteiger partial charge in [-0.3, -0.25) is 14.5 Å². The molecule has 6 nitrogen and oxygen atoms in total. The van der Waals surface area contributed by atoms with Gasteiger partial charge in [0.05, 0.1) is 29.3 Å². The Bertz CT molecular complexity index is 988. The molecule has 3 rings (SSSR count). The van der Waals surface area contributed by atoms with Crippen molar-refractivity contribution < 1.29 is 19.1 Å². The Kier molecular flexibility index (Phi) is 6.39. The van der Waals surface area contributed by atoms with Crippen molar-refractivity contribution in [2.24, 2.45) is 5.92 Å². The number of aliphatic carboxylic acids is 1. The molecule has 1 atom stereocenters. The lowest BCUT2D eigenvalue weighted by atomic mass is 9.98. The summed E-state index contributed by atoms with van der Waals surface area (Å²) < 4.78 is 5.26. The van der Waals surface area contributed by atoms with Gasteiger partial charge in [-0.15, -0.1) is 11.3 Å². The first-order chi connectivity index (χ1) is 13.3. The van der Waals surface area contributed by atoms with E-state index in [1.807, 2.05) is 0 Å². The highest BCUT2D eigenvalue weighted by atomic mass is 35.5. The van der Waals surface area contributed by atoms with Gasteiger partial charge in [0, 0.05) is 29.4 Å². The normalized spacial score (nSPS) is 12.0. The first-order valence-electron chi connectivity index (χ1n) is 8.28. The van der Waals surface area contributed by atoms with E-state index in [-0.39, 0.29) is 18.7 Å². The van der Waals surface area contributed by atoms with E-state index < -0.39 is 11.9 Å². The second kappa shape index (κ2) is 8.77. The number of benzene rings is 1. The molecule has 0 aliphatic rings. The first kappa shape index (κ1) is 20.4. The van der Waals surface area contributed by atoms with E-state index in [0.29, 0.717) is 32.2 Å². The minimum absolute atomic E-state index is 0.195. The molecule has 2 aromatic heterocycles. The molecule has 0 saturated carbocycles. The van der Waals surface area contributed by atoms with Crippen LogP contribution in [0.15, 0.2) is 46.4 Å². The molecule has 0 radical (unpaired) electrons. The molecular formula is C19H16Cl2N2O4S. The Morgan fingerprint density at radius 1 is 1.32 bits per heavy atom. The Balaban J connectivity index is 1.82. The number of amides is 1. The Hall–Kier alpha value is -2.35. The van der Waals surface area contributed by atoms with E-state index in [2.05, 4.69) is 4.98 Å². The van der Waals surface area contributed by atoms with E-state index in [9.17, 15) is 14.7 Å². The maximum Gasteiger partial charge on any atom is 0.304 e. The summed E-state index contributed by atoms with van der Waals surface area (Å²) in [6.45, 7) is 0. The number of thiazole rings is 1. The van der Waals surface area contributed by atoms with Crippen LogP contribution < -0.4 is 4.90 Å². The molecule has 28 heavy (non-hydrogen) atoms. The quantitative estimate of drug-likeness (QED) is 0.560. The summed E-state index contributed by atoms with van der Waals surface area (Å²) in [5.41, 5.74) is 1.25. The van der Waals surface area contributed by atoms with Crippen molar-refractivity contribution in [3.8, 4) is 11.3 Å². The van der Waals surface area contributed by atoms with E-state index in [4.69, 9.17) is 27.6 Å². The molecule has 0 unspecified atom stereocenters. The van der Waals surface area contributed by atoms with Gasteiger partial charge in [-0.2, -0.15) is 0 Å². The third-order valence-corrected chi connectivity index (χ3v) is 5.59. The number of hydrogen-bond donors (Lipinski definition) is 1. The molecule has 0 aliphatic carbocycles. The highest BCUT2D eigenvalue weighted by Gasteiger charge is 2.28. The molecule has 9 heteroatoms. The molecular weight excluding hydrogens is 423 g/mol. The number of anilines is 1. The molecule has 146 valence electrons. The third-order valence-electron chi connectivity index (χ3n) is 4.11. The van der Waals surface area contributed by atoms with Crippen LogP contribution in [0.4, 0.5) is 5.13 Å². The van der Waals surface area contributed by atoms with Crippen LogP contribution in [-0.4, -0.2) is 29.0 Å². The molecule has 0 bridgehead atoms. The highest BCUT2D eigenvalue weighted by molar-refractivity contribution is 7.14. The van der Waals surface area contributed by atoms with E-state index in [1.54, 1.807) is 42.8 Å². The maximum absolute atomic E-state index is 12.9. The van der Waals surface area contributed by atoms with Gasteiger partial charge in [0.15, 0.2) is 5.13 Å². The Morgan fingerprint density at radius 3 is 2.79 bits per heavy atom. The van der Waals surface area contributed by atoms with Crippen LogP contribution in [0.1, 0.15) is 12.2 Å². The van der Waals surface area contributed by atoms with Gasteiger partial charge in [-0.1, -0.05) is 23.2 Å². The summed E-state index contributed by atoms with van der Waals surface area (Å²) in [6, 6.07) is 8.48. The second-order valence-electron chi connectivity index (χ2n) is 6.12. The van der Waals surface area contributed by atoms with Crippen molar-refractivity contribution >= 4 is 51.5 Å². The van der Waals surface area contributed by atoms with Crippen molar-refractivity contribution in [3.63, 3.8) is 0 Å². The molecule has 0 aliphatic heterocycles. The van der Waals surface area contributed by atoms with Crippen LogP contribution in [0.2, 0.25) is 10.0 Å². The first-order valence-corrected chi connectivity index (χ1v) is 9.91. The summed E-state index contributed by atoms with van der Waals surface area (Å²) in [5.74, 6) is -1.62. The molecule has 2 heterocycles. The van der Waals surface area contributed by atoms with E-state index in [1.165, 1.54) is 22.5 Å². The van der Waals surface area contributed by atoms with Crippen molar-refractivity contribution in [2.75, 3.05) is 11.9 Å². The third kappa shape index (κ3) is 4.73. The van der Waals surface area contributed by atoms with Crippen molar-refractivity contribution in [1.29, 1.82) is 0 Å². The number of hydrogen-bond acceptors (Lipinski definition) is 5. The van der Waals surface area contributed by atoms with Crippen molar-refractivity contribution in [1.82, 2.24) is 4.98 Å². The lowest BCUT2D eigenvalue weighted by molar-refractivity contribution is -0.140. The number of carbonyl (C=O) groups excluding carboxylic acids is 1. The van der Waals surface area contributed by atoms with Crippen LogP contribution in [-0.2, 0) is 16.0 Å². The van der Waals surface area contributed by atoms with Gasteiger partial charge < -0.3 is 9.52 Å². The molecule has 0 spiro atoms. The maximum atomic E-state index is 12.9. The number of aromatic nitrogens is 1. The number of rotatable bonds is 7. The summed E-state index contributed by atoms with van der Waals surface area (Å²) in [4.78, 5) is 30.0. The zero-order valence-electron chi connectivity index (χ0n) is 14.8. The summed E-state index contributed by atoms with van der Waals surface area (Å²) in [5, 5.41) is 12.4. The van der Waals surface area contributed by atoms with Crippen molar-refractivity contribution in [3.05, 3.63) is 57.8 Å². The van der Waals surface area contributed by atoms with Crippen LogP contribution in [0.25, 0.3) is 11.3 Å². The predicted octanol–water partition coefficient (Wildman–Crippen LogP) is 5.01. The number of carbonyl (C=O) groups is 2. The molecule has 1 amide bonds. The van der Waals surface area contributed by atoms with Crippen LogP contribution >= 0.6 is 34.5 Å². The average Bonchev–Trinajstić information content (AvgIpc) is 3.33. The number of halogens is 2. The molecule has 1 aromatic carbocycles. The second-order valence-corrected chi connectivity index (χ2v) is 7.80. The standard InChI is InChI=1S/C19H16Cl2N2O4S/c1-23(18(26)11(8-17(24)25)7-13-3-2-6-27-13)19-22-16(10-28-19)14-9-12(20)4-5-15(14)21/h2-6,9-11H,7-8H2,1H3,(H,24,25)/t11-/m1/s1. The predicted molar refractivity (Wildman–Crippen MR) is 109 cm³/mol. The van der Waals surface area contributed by atoms with Gasteiger partial charge in [-0.25, -0.2) is 4.98 Å². The van der Waals surface area contributed by atoms with E-state index >= 15 is 0 Å². The summed E-state index contributed by atoms with van der Waals surface area (Å²) in [7, 11) is 1.57. The van der Waals surface area contributed by atoms with Gasteiger partial charge in [0.25, 0.3) is 0 Å². The molecule has 3 aromatic rings. The highest BCUT2D eigenvalue weighted by Crippen LogP contribution is 2.34. The number of carboxylic acid groups (broad SMARTS) is 1. The smallest absolute Gasteiger partial charge is 0.304 e. The van der Waals surface area contributed by atoms with Crippen molar-refractivity contribution in [2.45, 2.75) is 12.8 Å². The van der Waals surface area contributed by atoms with Gasteiger partial charge in [0.1, 0.15) is 5.76 Å². The SMILES string of the molecule is CN(C(=O)[C@@H](CC(=O)O)Cc1ccco1)c1nc(-c2cc(Cl)ccc2Cl)cs1. The zero-order valence-corrected chi connectivity index (χ0v) is 17.1. The van der Waals surface area contributed by atoms with Crippen LogP contribution in [0, 0.1) is 5.92 Å². The summed E-state index contributed by atoms with van der Waals surface area (Å²) >= 11 is 13.5. The lowest BCUT2D eigenvalue weighted by Gasteiger charge is -2.20. The van der Waals surface area contributed by atoms with Gasteiger partial charge in [-0.05, 0) is 30.3 Å². The molecule has 0 fully saturated rings. The fraction of sp³-hybridized carbons (Fsp3) is 0.211. The lowest BCUT2D eigenvalue weighted by Crippen LogP contribution is -2.35. The van der Waals surface area contributed by atoms with Gasteiger partial charge >= 0.3 is 5.97 Å². The topological polar surface area (TPSA) is 83.6 Å². The molecule has 1 N–H and O–H groups in total. The van der Waals surface area contributed by atoms with Gasteiger partial charge in [0.2, 0.25) is 5.91 Å². The van der Waals surface area contributed by atoms with Crippen LogP contribution in [0.3, 0.4) is 0 Å². The average molecular weight is 439 g/mol. The monoisotopic (exact) mass is 438 g/mol. The van der Waals surface area contributed by atoms with E-state index in [0.717, 1.165) is 0 Å². The zero-order chi connectivity index (χ0) is 20.3.